The van der Waals surface area contributed by atoms with Crippen LogP contribution in [0.3, 0.4) is 0 Å². The first-order valence-corrected chi connectivity index (χ1v) is 9.20. The highest BCUT2D eigenvalue weighted by atomic mass is 19.1. The van der Waals surface area contributed by atoms with E-state index in [0.717, 1.165) is 18.8 Å². The average molecular weight is 367 g/mol. The number of rotatable bonds is 6. The van der Waals surface area contributed by atoms with Gasteiger partial charge in [0.15, 0.2) is 0 Å². The lowest BCUT2D eigenvalue weighted by atomic mass is 10.1. The topological polar surface area (TPSA) is 67.1 Å². The predicted molar refractivity (Wildman–Crippen MR) is 102 cm³/mol. The highest BCUT2D eigenvalue weighted by Gasteiger charge is 2.20. The van der Waals surface area contributed by atoms with Gasteiger partial charge in [0.1, 0.15) is 11.6 Å². The minimum Gasteiger partial charge on any atom is -0.370 e. The zero-order valence-corrected chi connectivity index (χ0v) is 15.2. The molecule has 140 valence electrons. The standard InChI is InChI=1S/C20H22FN5O/c1-26-12-4-5-15(26)10-11-22-18-9-8-14(13-23-18)20-24-19(25-27-20)16-6-2-3-7-17(16)21/h2-3,6-9,13,15H,4-5,10-12H2,1H3,(H,22,23)/t15-/m1/s1. The lowest BCUT2D eigenvalue weighted by Crippen LogP contribution is -2.27. The van der Waals surface area contributed by atoms with Gasteiger partial charge < -0.3 is 14.7 Å². The highest BCUT2D eigenvalue weighted by Crippen LogP contribution is 2.24. The minimum atomic E-state index is -0.379. The summed E-state index contributed by atoms with van der Waals surface area (Å²) in [5.74, 6) is 0.981. The predicted octanol–water partition coefficient (Wildman–Crippen LogP) is 3.83. The molecule has 7 heteroatoms. The first-order chi connectivity index (χ1) is 13.2. The number of hydrogen-bond acceptors (Lipinski definition) is 6. The fourth-order valence-corrected chi connectivity index (χ4v) is 3.43. The molecule has 1 saturated heterocycles. The quantitative estimate of drug-likeness (QED) is 0.714. The second kappa shape index (κ2) is 7.84. The fourth-order valence-electron chi connectivity index (χ4n) is 3.43. The molecule has 1 aliphatic heterocycles. The van der Waals surface area contributed by atoms with Crippen molar-refractivity contribution in [2.24, 2.45) is 0 Å². The van der Waals surface area contributed by atoms with Crippen molar-refractivity contribution in [2.45, 2.75) is 25.3 Å². The Kier molecular flexibility index (Phi) is 5.11. The average Bonchev–Trinajstić information content (AvgIpc) is 3.32. The smallest absolute Gasteiger partial charge is 0.259 e. The van der Waals surface area contributed by atoms with Gasteiger partial charge in [-0.15, -0.1) is 0 Å². The van der Waals surface area contributed by atoms with E-state index >= 15 is 0 Å². The number of nitrogens with one attached hydrogen (secondary N) is 1. The lowest BCUT2D eigenvalue weighted by Gasteiger charge is -2.19. The van der Waals surface area contributed by atoms with Crippen molar-refractivity contribution >= 4 is 5.82 Å². The summed E-state index contributed by atoms with van der Waals surface area (Å²) in [4.78, 5) is 11.1. The SMILES string of the molecule is CN1CCC[C@@H]1CCNc1ccc(-c2nc(-c3ccccc3F)no2)cn1. The molecule has 0 bridgehead atoms. The zero-order chi connectivity index (χ0) is 18.6. The van der Waals surface area contributed by atoms with Crippen molar-refractivity contribution in [3.8, 4) is 22.8 Å². The number of nitrogens with zero attached hydrogens (tertiary/aromatic N) is 4. The van der Waals surface area contributed by atoms with Crippen molar-refractivity contribution in [3.63, 3.8) is 0 Å². The number of halogens is 1. The molecule has 0 saturated carbocycles. The normalized spacial score (nSPS) is 17.3. The minimum absolute atomic E-state index is 0.228. The van der Waals surface area contributed by atoms with E-state index in [-0.39, 0.29) is 11.6 Å². The van der Waals surface area contributed by atoms with Gasteiger partial charge in [-0.3, -0.25) is 0 Å². The summed E-state index contributed by atoms with van der Waals surface area (Å²) in [6.07, 6.45) is 5.34. The van der Waals surface area contributed by atoms with Crippen LogP contribution in [0.15, 0.2) is 47.1 Å². The maximum atomic E-state index is 13.8. The molecule has 1 N–H and O–H groups in total. The van der Waals surface area contributed by atoms with E-state index in [1.807, 2.05) is 12.1 Å². The van der Waals surface area contributed by atoms with E-state index in [0.29, 0.717) is 23.1 Å². The molecule has 3 aromatic rings. The molecule has 27 heavy (non-hydrogen) atoms. The number of anilines is 1. The molecule has 0 spiro atoms. The Balaban J connectivity index is 1.38. The maximum absolute atomic E-state index is 13.8. The van der Waals surface area contributed by atoms with Gasteiger partial charge >= 0.3 is 0 Å². The largest absolute Gasteiger partial charge is 0.370 e. The number of benzene rings is 1. The van der Waals surface area contributed by atoms with Crippen LogP contribution in [0.1, 0.15) is 19.3 Å². The van der Waals surface area contributed by atoms with Crippen molar-refractivity contribution in [2.75, 3.05) is 25.5 Å². The molecule has 0 unspecified atom stereocenters. The molecule has 1 fully saturated rings. The van der Waals surface area contributed by atoms with Gasteiger partial charge in [-0.05, 0) is 57.1 Å². The van der Waals surface area contributed by atoms with E-state index in [2.05, 4.69) is 32.4 Å². The molecular formula is C20H22FN5O. The number of aromatic nitrogens is 3. The third kappa shape index (κ3) is 3.98. The van der Waals surface area contributed by atoms with Gasteiger partial charge in [0, 0.05) is 18.8 Å². The fraction of sp³-hybridized carbons (Fsp3) is 0.350. The van der Waals surface area contributed by atoms with Crippen LogP contribution in [-0.2, 0) is 0 Å². The third-order valence-corrected chi connectivity index (χ3v) is 5.01. The van der Waals surface area contributed by atoms with Crippen LogP contribution >= 0.6 is 0 Å². The summed E-state index contributed by atoms with van der Waals surface area (Å²) in [6, 6.07) is 10.8. The van der Waals surface area contributed by atoms with Crippen LogP contribution in [0.5, 0.6) is 0 Å². The summed E-state index contributed by atoms with van der Waals surface area (Å²) in [5.41, 5.74) is 1.02. The van der Waals surface area contributed by atoms with Gasteiger partial charge in [0.25, 0.3) is 5.89 Å². The molecule has 2 aromatic heterocycles. The van der Waals surface area contributed by atoms with Crippen LogP contribution in [0.2, 0.25) is 0 Å². The molecular weight excluding hydrogens is 345 g/mol. The van der Waals surface area contributed by atoms with Crippen LogP contribution in [0.25, 0.3) is 22.8 Å². The van der Waals surface area contributed by atoms with Gasteiger partial charge in [-0.1, -0.05) is 17.3 Å². The molecule has 1 atom stereocenters. The number of likely N-dealkylation sites (tertiary alicyclic amines) is 1. The first kappa shape index (κ1) is 17.6. The second-order valence-electron chi connectivity index (χ2n) is 6.83. The first-order valence-electron chi connectivity index (χ1n) is 9.20. The van der Waals surface area contributed by atoms with Crippen molar-refractivity contribution in [3.05, 3.63) is 48.4 Å². The zero-order valence-electron chi connectivity index (χ0n) is 15.2. The van der Waals surface area contributed by atoms with Crippen LogP contribution in [0, 0.1) is 5.82 Å². The summed E-state index contributed by atoms with van der Waals surface area (Å²) in [7, 11) is 2.19. The van der Waals surface area contributed by atoms with Crippen molar-refractivity contribution in [1.29, 1.82) is 0 Å². The van der Waals surface area contributed by atoms with Gasteiger partial charge in [-0.2, -0.15) is 4.98 Å². The summed E-state index contributed by atoms with van der Waals surface area (Å²) in [5, 5.41) is 7.23. The molecule has 6 nitrogen and oxygen atoms in total. The number of hydrogen-bond donors (Lipinski definition) is 1. The summed E-state index contributed by atoms with van der Waals surface area (Å²) < 4.78 is 19.1. The van der Waals surface area contributed by atoms with Crippen LogP contribution in [0.4, 0.5) is 10.2 Å². The molecule has 1 aromatic carbocycles. The molecule has 4 rings (SSSR count). The Bertz CT molecular complexity index is 895. The monoisotopic (exact) mass is 367 g/mol. The van der Waals surface area contributed by atoms with Crippen molar-refractivity contribution < 1.29 is 8.91 Å². The molecule has 0 radical (unpaired) electrons. The molecule has 3 heterocycles. The third-order valence-electron chi connectivity index (χ3n) is 5.01. The Labute approximate surface area is 157 Å². The van der Waals surface area contributed by atoms with E-state index < -0.39 is 0 Å². The van der Waals surface area contributed by atoms with Crippen LogP contribution in [-0.4, -0.2) is 46.2 Å². The van der Waals surface area contributed by atoms with Gasteiger partial charge in [0.2, 0.25) is 5.82 Å². The second-order valence-corrected chi connectivity index (χ2v) is 6.83. The lowest BCUT2D eigenvalue weighted by molar-refractivity contribution is 0.301. The van der Waals surface area contributed by atoms with Crippen molar-refractivity contribution in [1.82, 2.24) is 20.0 Å². The van der Waals surface area contributed by atoms with E-state index in [1.165, 1.54) is 25.5 Å². The number of pyridine rings is 1. The molecule has 1 aliphatic rings. The summed E-state index contributed by atoms with van der Waals surface area (Å²) >= 11 is 0. The Hall–Kier alpha value is -2.80. The van der Waals surface area contributed by atoms with E-state index in [9.17, 15) is 4.39 Å². The van der Waals surface area contributed by atoms with E-state index in [4.69, 9.17) is 4.52 Å². The highest BCUT2D eigenvalue weighted by molar-refractivity contribution is 5.60. The molecule has 0 amide bonds. The maximum Gasteiger partial charge on any atom is 0.259 e. The Morgan fingerprint density at radius 3 is 2.89 bits per heavy atom. The van der Waals surface area contributed by atoms with Gasteiger partial charge in [0.05, 0.1) is 11.1 Å². The molecule has 0 aliphatic carbocycles. The van der Waals surface area contributed by atoms with Gasteiger partial charge in [-0.25, -0.2) is 9.37 Å². The summed E-state index contributed by atoms with van der Waals surface area (Å²) in [6.45, 7) is 2.08. The Morgan fingerprint density at radius 1 is 1.26 bits per heavy atom. The van der Waals surface area contributed by atoms with E-state index in [1.54, 1.807) is 24.4 Å². The van der Waals surface area contributed by atoms with Crippen LogP contribution < -0.4 is 5.32 Å². The Morgan fingerprint density at radius 2 is 2.15 bits per heavy atom.